The van der Waals surface area contributed by atoms with Gasteiger partial charge in [-0.15, -0.1) is 0 Å². The minimum atomic E-state index is -1.44. The molecule has 0 bridgehead atoms. The van der Waals surface area contributed by atoms with E-state index in [1.165, 1.54) is 29.2 Å². The molecule has 0 aromatic heterocycles. The van der Waals surface area contributed by atoms with Crippen molar-refractivity contribution in [1.29, 1.82) is 0 Å². The summed E-state index contributed by atoms with van der Waals surface area (Å²) in [4.78, 5) is 51.2. The van der Waals surface area contributed by atoms with Crippen molar-refractivity contribution in [3.05, 3.63) is 117 Å². The van der Waals surface area contributed by atoms with E-state index in [-0.39, 0.29) is 17.8 Å². The van der Waals surface area contributed by atoms with E-state index < -0.39 is 34.9 Å². The zero-order chi connectivity index (χ0) is 27.7. The molecule has 4 aromatic rings. The Bertz CT molecular complexity index is 1620. The van der Waals surface area contributed by atoms with Gasteiger partial charge < -0.3 is 10.0 Å². The van der Waals surface area contributed by atoms with Gasteiger partial charge in [0.05, 0.1) is 11.5 Å². The van der Waals surface area contributed by atoms with Crippen molar-refractivity contribution in [3.63, 3.8) is 0 Å². The molecule has 1 aliphatic heterocycles. The van der Waals surface area contributed by atoms with Gasteiger partial charge in [-0.2, -0.15) is 0 Å². The van der Waals surface area contributed by atoms with Crippen molar-refractivity contribution in [1.82, 2.24) is 10.6 Å². The maximum Gasteiger partial charge on any atom is 0.406 e. The highest BCUT2D eigenvalue weighted by atomic mass is 16.6. The maximum absolute atomic E-state index is 13.9. The zero-order valence-electron chi connectivity index (χ0n) is 20.8. The van der Waals surface area contributed by atoms with Crippen LogP contribution in [-0.2, 0) is 11.3 Å². The molecule has 0 saturated heterocycles. The second-order valence-corrected chi connectivity index (χ2v) is 9.22. The fourth-order valence-electron chi connectivity index (χ4n) is 4.91. The first kappa shape index (κ1) is 25.6. The van der Waals surface area contributed by atoms with Gasteiger partial charge in [0.25, 0.3) is 11.6 Å². The van der Waals surface area contributed by atoms with Crippen LogP contribution < -0.4 is 15.5 Å². The number of nitrogens with one attached hydrogen (secondary N) is 2. The summed E-state index contributed by atoms with van der Waals surface area (Å²) in [6.45, 7) is 2.09. The molecule has 5 rings (SSSR count). The molecule has 3 N–H and O–H groups in total. The molecule has 0 aliphatic carbocycles. The van der Waals surface area contributed by atoms with Gasteiger partial charge in [-0.05, 0) is 47.0 Å². The van der Waals surface area contributed by atoms with Gasteiger partial charge in [-0.25, -0.2) is 4.79 Å². The number of anilines is 1. The number of non-ortho nitro benzene ring substituents is 1. The van der Waals surface area contributed by atoms with Crippen LogP contribution in [0.2, 0.25) is 0 Å². The number of carbonyl (C=O) groups excluding carboxylic acids is 2. The lowest BCUT2D eigenvalue weighted by molar-refractivity contribution is -0.384. The summed E-state index contributed by atoms with van der Waals surface area (Å²) in [6.07, 6.45) is -2.87. The van der Waals surface area contributed by atoms with E-state index in [1.54, 1.807) is 24.3 Å². The first-order chi connectivity index (χ1) is 18.7. The molecule has 1 aliphatic rings. The Morgan fingerprint density at radius 2 is 1.69 bits per heavy atom. The van der Waals surface area contributed by atoms with Gasteiger partial charge in [0.2, 0.25) is 0 Å². The van der Waals surface area contributed by atoms with Crippen molar-refractivity contribution in [2.24, 2.45) is 0 Å². The number of rotatable bonds is 6. The minimum Gasteiger partial charge on any atom is -0.465 e. The third-order valence-corrected chi connectivity index (χ3v) is 6.87. The van der Waals surface area contributed by atoms with Gasteiger partial charge in [0, 0.05) is 28.9 Å². The van der Waals surface area contributed by atoms with Crippen molar-refractivity contribution < 1.29 is 24.4 Å². The van der Waals surface area contributed by atoms with Crippen LogP contribution in [0.15, 0.2) is 84.9 Å². The third-order valence-electron chi connectivity index (χ3n) is 6.87. The number of carboxylic acid groups (broad SMARTS) is 1. The van der Waals surface area contributed by atoms with E-state index in [4.69, 9.17) is 0 Å². The fraction of sp³-hybridized carbons (Fsp3) is 0.138. The number of nitro benzene ring substituents is 1. The van der Waals surface area contributed by atoms with Crippen molar-refractivity contribution in [2.45, 2.75) is 25.7 Å². The van der Waals surface area contributed by atoms with Gasteiger partial charge in [0.1, 0.15) is 6.04 Å². The molecule has 4 aromatic carbocycles. The van der Waals surface area contributed by atoms with E-state index in [9.17, 15) is 29.6 Å². The number of para-hydroxylation sites is 1. The zero-order valence-corrected chi connectivity index (χ0v) is 20.8. The van der Waals surface area contributed by atoms with Crippen LogP contribution in [0, 0.1) is 17.0 Å². The first-order valence-electron chi connectivity index (χ1n) is 12.2. The minimum absolute atomic E-state index is 0.140. The average molecular weight is 525 g/mol. The van der Waals surface area contributed by atoms with Crippen LogP contribution in [0.25, 0.3) is 10.8 Å². The van der Waals surface area contributed by atoms with Gasteiger partial charge in [-0.3, -0.25) is 30.3 Å². The first-order valence-corrected chi connectivity index (χ1v) is 12.2. The van der Waals surface area contributed by atoms with E-state index in [0.717, 1.165) is 21.9 Å². The molecular weight excluding hydrogens is 500 g/mol. The van der Waals surface area contributed by atoms with Crippen LogP contribution in [0.3, 0.4) is 0 Å². The summed E-state index contributed by atoms with van der Waals surface area (Å²) >= 11 is 0. The second-order valence-electron chi connectivity index (χ2n) is 9.22. The average Bonchev–Trinajstić information content (AvgIpc) is 3.04. The number of benzene rings is 4. The molecule has 10 nitrogen and oxygen atoms in total. The van der Waals surface area contributed by atoms with E-state index in [1.807, 2.05) is 43.3 Å². The Balaban J connectivity index is 1.62. The van der Waals surface area contributed by atoms with Crippen molar-refractivity contribution in [3.8, 4) is 0 Å². The predicted octanol–water partition coefficient (Wildman–Crippen LogP) is 4.71. The Kier molecular flexibility index (Phi) is 6.78. The highest BCUT2D eigenvalue weighted by Crippen LogP contribution is 2.35. The molecule has 0 saturated carbocycles. The monoisotopic (exact) mass is 524 g/mol. The molecule has 196 valence electrons. The largest absolute Gasteiger partial charge is 0.465 e. The Morgan fingerprint density at radius 3 is 2.41 bits per heavy atom. The van der Waals surface area contributed by atoms with Crippen molar-refractivity contribution >= 4 is 39.9 Å². The van der Waals surface area contributed by atoms with E-state index >= 15 is 0 Å². The summed E-state index contributed by atoms with van der Waals surface area (Å²) in [5.74, 6) is -1.04. The maximum atomic E-state index is 13.9. The molecular formula is C29H24N4O6. The fourth-order valence-corrected chi connectivity index (χ4v) is 4.91. The van der Waals surface area contributed by atoms with Crippen LogP contribution >= 0.6 is 0 Å². The second kappa shape index (κ2) is 10.3. The number of Topliss-reactive ketones (excluding diaryl/α,β-unsaturated/α-hetero) is 1. The third kappa shape index (κ3) is 4.92. The topological polar surface area (TPSA) is 142 Å². The number of hydrogen-bond donors (Lipinski definition) is 3. The molecule has 2 atom stereocenters. The van der Waals surface area contributed by atoms with Gasteiger partial charge >= 0.3 is 6.09 Å². The summed E-state index contributed by atoms with van der Waals surface area (Å²) in [5, 5.41) is 27.6. The van der Waals surface area contributed by atoms with Crippen LogP contribution in [0.1, 0.15) is 33.1 Å². The number of nitrogens with zero attached hydrogens (tertiary/aromatic N) is 2. The normalized spacial score (nSPS) is 16.8. The van der Waals surface area contributed by atoms with Gasteiger partial charge in [0.15, 0.2) is 11.9 Å². The predicted molar refractivity (Wildman–Crippen MR) is 145 cm³/mol. The van der Waals surface area contributed by atoms with Crippen LogP contribution in [0.4, 0.5) is 16.2 Å². The van der Waals surface area contributed by atoms with E-state index in [2.05, 4.69) is 10.6 Å². The number of nitro groups is 1. The van der Waals surface area contributed by atoms with Crippen LogP contribution in [-0.4, -0.2) is 34.0 Å². The molecule has 1 heterocycles. The van der Waals surface area contributed by atoms with E-state index in [0.29, 0.717) is 11.3 Å². The number of aryl methyl sites for hydroxylation is 1. The SMILES string of the molecule is Cc1ccc2ccccc2c1CN1C(=O)C(NC(=O)O)NC(C(=O)c2ccc([N+](=O)[O-])cc2)c2ccccc21. The van der Waals surface area contributed by atoms with Crippen molar-refractivity contribution in [2.75, 3.05) is 4.90 Å². The molecule has 2 amide bonds. The Hall–Kier alpha value is -5.09. The lowest BCUT2D eigenvalue weighted by atomic mass is 9.95. The van der Waals surface area contributed by atoms with Crippen LogP contribution in [0.5, 0.6) is 0 Å². The Morgan fingerprint density at radius 1 is 1.00 bits per heavy atom. The number of fused-ring (bicyclic) bond motifs is 2. The highest BCUT2D eigenvalue weighted by molar-refractivity contribution is 6.06. The Labute approximate surface area is 223 Å². The van der Waals surface area contributed by atoms with Gasteiger partial charge in [-0.1, -0.05) is 54.6 Å². The molecule has 0 fully saturated rings. The molecule has 0 radical (unpaired) electrons. The molecule has 10 heteroatoms. The highest BCUT2D eigenvalue weighted by Gasteiger charge is 2.38. The lowest BCUT2D eigenvalue weighted by Gasteiger charge is -2.27. The standard InChI is InChI=1S/C29H24N4O6/c1-17-10-11-18-6-2-3-7-21(18)23(17)16-32-24-9-5-4-8-22(24)25(30-27(28(32)35)31-29(36)37)26(34)19-12-14-20(15-13-19)33(38)39/h2-15,25,27,30-31H,16H2,1H3,(H,36,37). The number of hydrogen-bond acceptors (Lipinski definition) is 6. The summed E-state index contributed by atoms with van der Waals surface area (Å²) in [7, 11) is 0. The lowest BCUT2D eigenvalue weighted by Crippen LogP contribution is -2.55. The summed E-state index contributed by atoms with van der Waals surface area (Å²) in [5.41, 5.74) is 2.78. The molecule has 0 spiro atoms. The number of carbonyl (C=O) groups is 3. The summed E-state index contributed by atoms with van der Waals surface area (Å²) in [6, 6.07) is 22.7. The quantitative estimate of drug-likeness (QED) is 0.188. The molecule has 2 unspecified atom stereocenters. The molecule has 39 heavy (non-hydrogen) atoms. The summed E-state index contributed by atoms with van der Waals surface area (Å²) < 4.78 is 0. The smallest absolute Gasteiger partial charge is 0.406 e. The number of amides is 2. The number of ketones is 1.